The lowest BCUT2D eigenvalue weighted by molar-refractivity contribution is 0.782. The smallest absolute Gasteiger partial charge is 0.213 e. The Hall–Kier alpha value is -0.460. The van der Waals surface area contributed by atoms with Gasteiger partial charge >= 0.3 is 0 Å². The highest BCUT2D eigenvalue weighted by molar-refractivity contribution is 9.11. The van der Waals surface area contributed by atoms with Crippen LogP contribution in [0.2, 0.25) is 0 Å². The number of aromatic nitrogens is 3. The van der Waals surface area contributed by atoms with E-state index < -0.39 is 0 Å². The van der Waals surface area contributed by atoms with E-state index in [9.17, 15) is 0 Å². The Labute approximate surface area is 105 Å². The summed E-state index contributed by atoms with van der Waals surface area (Å²) in [7, 11) is 0. The van der Waals surface area contributed by atoms with E-state index in [0.717, 1.165) is 25.1 Å². The third-order valence-electron chi connectivity index (χ3n) is 2.02. The second-order valence-corrected chi connectivity index (χ2v) is 6.11. The summed E-state index contributed by atoms with van der Waals surface area (Å²) in [5.41, 5.74) is 0. The van der Waals surface area contributed by atoms with Gasteiger partial charge in [-0.3, -0.25) is 10.2 Å². The van der Waals surface area contributed by atoms with Gasteiger partial charge in [0, 0.05) is 11.3 Å². The van der Waals surface area contributed by atoms with Crippen molar-refractivity contribution < 1.29 is 0 Å². The molecular weight excluding hydrogens is 294 g/mol. The van der Waals surface area contributed by atoms with Gasteiger partial charge in [-0.25, -0.2) is 4.98 Å². The first-order chi connectivity index (χ1) is 7.24. The second kappa shape index (κ2) is 5.05. The third-order valence-corrected chi connectivity index (χ3v) is 3.89. The lowest BCUT2D eigenvalue weighted by Gasteiger charge is -1.94. The van der Waals surface area contributed by atoms with Crippen LogP contribution < -0.4 is 0 Å². The number of thiophene rings is 1. The normalized spacial score (nSPS) is 10.7. The molecule has 0 saturated heterocycles. The van der Waals surface area contributed by atoms with Gasteiger partial charge in [0.1, 0.15) is 5.82 Å². The van der Waals surface area contributed by atoms with Crippen molar-refractivity contribution in [3.05, 3.63) is 31.4 Å². The third kappa shape index (κ3) is 3.25. The molecule has 2 N–H and O–H groups in total. The van der Waals surface area contributed by atoms with E-state index in [4.69, 9.17) is 12.2 Å². The summed E-state index contributed by atoms with van der Waals surface area (Å²) < 4.78 is 1.72. The minimum atomic E-state index is 0.531. The zero-order chi connectivity index (χ0) is 10.7. The fourth-order valence-electron chi connectivity index (χ4n) is 1.34. The molecule has 2 aromatic rings. The molecule has 15 heavy (non-hydrogen) atoms. The molecule has 0 unspecified atom stereocenters. The molecule has 0 atom stereocenters. The Morgan fingerprint density at radius 1 is 1.33 bits per heavy atom. The molecule has 0 radical (unpaired) electrons. The molecule has 2 aromatic heterocycles. The Morgan fingerprint density at radius 3 is 2.80 bits per heavy atom. The van der Waals surface area contributed by atoms with E-state index in [2.05, 4.69) is 43.2 Å². The molecule has 0 saturated carbocycles. The lowest BCUT2D eigenvalue weighted by Crippen LogP contribution is -1.90. The highest BCUT2D eigenvalue weighted by atomic mass is 79.9. The zero-order valence-electron chi connectivity index (χ0n) is 7.92. The molecule has 0 aliphatic rings. The van der Waals surface area contributed by atoms with E-state index >= 15 is 0 Å². The largest absolute Gasteiger partial charge is 0.286 e. The maximum atomic E-state index is 4.88. The Balaban J connectivity index is 1.82. The highest BCUT2D eigenvalue weighted by Gasteiger charge is 2.00. The molecule has 6 heteroatoms. The molecule has 3 nitrogen and oxygen atoms in total. The Morgan fingerprint density at radius 2 is 2.20 bits per heavy atom. The van der Waals surface area contributed by atoms with Gasteiger partial charge in [-0.2, -0.15) is 0 Å². The van der Waals surface area contributed by atoms with Crippen LogP contribution in [0.15, 0.2) is 15.9 Å². The van der Waals surface area contributed by atoms with Gasteiger partial charge in [-0.05, 0) is 53.1 Å². The molecule has 0 aromatic carbocycles. The van der Waals surface area contributed by atoms with E-state index in [0.29, 0.717) is 4.77 Å². The number of nitrogens with zero attached hydrogens (tertiary/aromatic N) is 1. The van der Waals surface area contributed by atoms with Crippen molar-refractivity contribution >= 4 is 39.5 Å². The van der Waals surface area contributed by atoms with E-state index in [1.165, 1.54) is 8.66 Å². The van der Waals surface area contributed by atoms with Gasteiger partial charge in [-0.15, -0.1) is 11.3 Å². The fraction of sp³-hybridized carbons (Fsp3) is 0.333. The van der Waals surface area contributed by atoms with E-state index in [-0.39, 0.29) is 0 Å². The predicted molar refractivity (Wildman–Crippen MR) is 67.8 cm³/mol. The number of aryl methyl sites for hydroxylation is 2. The first-order valence-corrected chi connectivity index (χ1v) is 6.63. The summed E-state index contributed by atoms with van der Waals surface area (Å²) in [6.45, 7) is 0. The summed E-state index contributed by atoms with van der Waals surface area (Å²) in [4.78, 5) is 5.54. The second-order valence-electron chi connectivity index (χ2n) is 3.17. The Bertz CT molecular complexity index is 485. The SMILES string of the molecule is S=c1nc(CCCc2ccc(Br)s2)[nH][nH]1. The van der Waals surface area contributed by atoms with Gasteiger partial charge in [-0.1, -0.05) is 0 Å². The summed E-state index contributed by atoms with van der Waals surface area (Å²) in [6, 6.07) is 4.24. The average Bonchev–Trinajstić information content (AvgIpc) is 2.76. The molecule has 80 valence electrons. The number of hydrogen-bond acceptors (Lipinski definition) is 3. The number of nitrogens with one attached hydrogen (secondary N) is 2. The van der Waals surface area contributed by atoms with Crippen LogP contribution in [0.3, 0.4) is 0 Å². The van der Waals surface area contributed by atoms with Crippen LogP contribution in [0.25, 0.3) is 0 Å². The molecule has 0 spiro atoms. The molecule has 0 aliphatic heterocycles. The van der Waals surface area contributed by atoms with Crippen molar-refractivity contribution in [2.75, 3.05) is 0 Å². The van der Waals surface area contributed by atoms with Crippen molar-refractivity contribution in [1.29, 1.82) is 0 Å². The summed E-state index contributed by atoms with van der Waals surface area (Å²) in [5.74, 6) is 0.940. The number of H-pyrrole nitrogens is 2. The predicted octanol–water partition coefficient (Wildman–Crippen LogP) is 3.47. The zero-order valence-corrected chi connectivity index (χ0v) is 11.1. The maximum absolute atomic E-state index is 4.88. The quantitative estimate of drug-likeness (QED) is 0.850. The minimum Gasteiger partial charge on any atom is -0.286 e. The molecule has 0 aliphatic carbocycles. The topological polar surface area (TPSA) is 44.5 Å². The lowest BCUT2D eigenvalue weighted by atomic mass is 10.2. The van der Waals surface area contributed by atoms with Crippen molar-refractivity contribution in [3.63, 3.8) is 0 Å². The van der Waals surface area contributed by atoms with Gasteiger partial charge in [0.15, 0.2) is 0 Å². The van der Waals surface area contributed by atoms with Gasteiger partial charge in [0.2, 0.25) is 4.77 Å². The monoisotopic (exact) mass is 303 g/mol. The summed E-state index contributed by atoms with van der Waals surface area (Å²) in [5, 5.41) is 5.75. The van der Waals surface area contributed by atoms with Crippen molar-refractivity contribution in [2.45, 2.75) is 19.3 Å². The summed E-state index contributed by atoms with van der Waals surface area (Å²) >= 11 is 10.1. The molecule has 0 amide bonds. The number of aromatic amines is 2. The van der Waals surface area contributed by atoms with E-state index in [1.807, 2.05) is 0 Å². The first-order valence-electron chi connectivity index (χ1n) is 4.62. The highest BCUT2D eigenvalue weighted by Crippen LogP contribution is 2.23. The van der Waals surface area contributed by atoms with E-state index in [1.54, 1.807) is 11.3 Å². The van der Waals surface area contributed by atoms with Crippen LogP contribution in [-0.2, 0) is 12.8 Å². The van der Waals surface area contributed by atoms with Crippen LogP contribution in [0.4, 0.5) is 0 Å². The standard InChI is InChI=1S/C9H10BrN3S2/c10-7-5-4-6(15-7)2-1-3-8-11-9(14)13-12-8/h4-5H,1-3H2,(H2,11,12,13,14). The molecule has 2 rings (SSSR count). The average molecular weight is 304 g/mol. The van der Waals surface area contributed by atoms with Crippen molar-refractivity contribution in [2.24, 2.45) is 0 Å². The summed E-state index contributed by atoms with van der Waals surface area (Å²) in [6.07, 6.45) is 3.11. The van der Waals surface area contributed by atoms with Crippen LogP contribution in [0.5, 0.6) is 0 Å². The number of halogens is 1. The number of hydrogen-bond donors (Lipinski definition) is 2. The van der Waals surface area contributed by atoms with Gasteiger partial charge < -0.3 is 0 Å². The van der Waals surface area contributed by atoms with Crippen LogP contribution in [0.1, 0.15) is 17.1 Å². The van der Waals surface area contributed by atoms with Crippen molar-refractivity contribution in [3.8, 4) is 0 Å². The van der Waals surface area contributed by atoms with Crippen LogP contribution in [-0.4, -0.2) is 15.2 Å². The molecule has 2 heterocycles. The van der Waals surface area contributed by atoms with Crippen LogP contribution in [0, 0.1) is 4.77 Å². The number of rotatable bonds is 4. The first kappa shape index (κ1) is 11.0. The van der Waals surface area contributed by atoms with Gasteiger partial charge in [0.25, 0.3) is 0 Å². The molecular formula is C9H10BrN3S2. The van der Waals surface area contributed by atoms with Crippen molar-refractivity contribution in [1.82, 2.24) is 15.2 Å². The Kier molecular flexibility index (Phi) is 3.71. The molecule has 0 fully saturated rings. The molecule has 0 bridgehead atoms. The minimum absolute atomic E-state index is 0.531. The van der Waals surface area contributed by atoms with Gasteiger partial charge in [0.05, 0.1) is 3.79 Å². The maximum Gasteiger partial charge on any atom is 0.213 e. The van der Waals surface area contributed by atoms with Crippen LogP contribution >= 0.6 is 39.5 Å². The fourth-order valence-corrected chi connectivity index (χ4v) is 3.02.